The lowest BCUT2D eigenvalue weighted by molar-refractivity contribution is 0.359. The largest absolute Gasteiger partial charge is 0.398 e. The summed E-state index contributed by atoms with van der Waals surface area (Å²) >= 11 is 0. The number of alkyl halides is 1. The smallest absolute Gasteiger partial charge is 0.216 e. The quantitative estimate of drug-likeness (QED) is 0.120. The summed E-state index contributed by atoms with van der Waals surface area (Å²) in [5, 5.41) is 6.89. The molecule has 0 bridgehead atoms. The van der Waals surface area contributed by atoms with Gasteiger partial charge in [-0.25, -0.2) is 9.38 Å². The van der Waals surface area contributed by atoms with Crippen LogP contribution in [0.3, 0.4) is 0 Å². The number of para-hydroxylation sites is 6. The maximum atomic E-state index is 17.8. The molecule has 3 aromatic heterocycles. The van der Waals surface area contributed by atoms with Crippen LogP contribution >= 0.6 is 0 Å². The Morgan fingerprint density at radius 3 is 1.12 bits per heavy atom. The molecule has 0 amide bonds. The number of fused-ring (bicyclic) bond motifs is 9. The molecule has 0 aliphatic heterocycles. The van der Waals surface area contributed by atoms with Gasteiger partial charge >= 0.3 is 0 Å². The van der Waals surface area contributed by atoms with E-state index in [1.54, 1.807) is 6.08 Å². The molecule has 0 aliphatic carbocycles. The molecule has 304 valence electrons. The second kappa shape index (κ2) is 15.2. The van der Waals surface area contributed by atoms with Crippen LogP contribution in [0.25, 0.3) is 88.2 Å². The summed E-state index contributed by atoms with van der Waals surface area (Å²) in [6.45, 7) is 0. The molecular weight excluding hydrogens is 786 g/mol. The highest BCUT2D eigenvalue weighted by Gasteiger charge is 2.20. The van der Waals surface area contributed by atoms with E-state index in [-0.39, 0.29) is 0 Å². The first-order valence-electron chi connectivity index (χ1n) is 21.5. The topological polar surface area (TPSA) is 53.2 Å². The minimum atomic E-state index is -1.76. The Balaban J connectivity index is 1.06. The number of benzene rings is 9. The highest BCUT2D eigenvalue weighted by atomic mass is 19.1. The van der Waals surface area contributed by atoms with Gasteiger partial charge in [-0.1, -0.05) is 152 Å². The molecule has 3 heterocycles. The summed E-state index contributed by atoms with van der Waals surface area (Å²) < 4.78 is 24.5. The van der Waals surface area contributed by atoms with Gasteiger partial charge in [0.05, 0.1) is 38.8 Å². The van der Waals surface area contributed by atoms with E-state index in [0.29, 0.717) is 17.0 Å². The van der Waals surface area contributed by atoms with Crippen LogP contribution in [0.5, 0.6) is 0 Å². The van der Waals surface area contributed by atoms with Gasteiger partial charge in [0, 0.05) is 66.2 Å². The highest BCUT2D eigenvalue weighted by molar-refractivity contribution is 6.13. The molecular formula is C58H40FN5. The Morgan fingerprint density at radius 2 is 0.734 bits per heavy atom. The van der Waals surface area contributed by atoms with Crippen molar-refractivity contribution in [1.82, 2.24) is 13.7 Å². The van der Waals surface area contributed by atoms with Gasteiger partial charge in [-0.05, 0) is 78.4 Å². The average molecular weight is 826 g/mol. The molecule has 0 spiro atoms. The minimum Gasteiger partial charge on any atom is -0.398 e. The monoisotopic (exact) mass is 825 g/mol. The third kappa shape index (κ3) is 6.10. The van der Waals surface area contributed by atoms with Crippen LogP contribution in [0.1, 0.15) is 23.0 Å². The number of nitrogens with zero attached hydrogens (tertiary/aromatic N) is 4. The molecule has 0 saturated carbocycles. The molecule has 1 atom stereocenters. The molecule has 5 nitrogen and oxygen atoms in total. The summed E-state index contributed by atoms with van der Waals surface area (Å²) in [6, 6.07) is 74.5. The lowest BCUT2D eigenvalue weighted by atomic mass is 10.0. The van der Waals surface area contributed by atoms with Gasteiger partial charge in [-0.2, -0.15) is 0 Å². The zero-order valence-electron chi connectivity index (χ0n) is 34.7. The van der Waals surface area contributed by atoms with E-state index in [1.807, 2.05) is 54.6 Å². The van der Waals surface area contributed by atoms with Gasteiger partial charge in [-0.3, -0.25) is 0 Å². The average Bonchev–Trinajstić information content (AvgIpc) is 4.00. The third-order valence-corrected chi connectivity index (χ3v) is 12.5. The fraction of sp³-hybridized carbons (Fsp3) is 0.0172. The third-order valence-electron chi connectivity index (χ3n) is 12.5. The fourth-order valence-electron chi connectivity index (χ4n) is 9.65. The number of aromatic nitrogens is 3. The van der Waals surface area contributed by atoms with E-state index in [2.05, 4.69) is 177 Å². The SMILES string of the molecule is N/C(=C\C(=NC(F)c1cc(-n2c3ccccc3c3ccccc32)cc(-n2c3ccccc3c3ccccc32)c1)c1ccc(-n2c3ccccc3c3ccccc32)cc1)c1ccccc1. The second-order valence-electron chi connectivity index (χ2n) is 16.3. The Morgan fingerprint density at radius 1 is 0.391 bits per heavy atom. The molecule has 0 saturated heterocycles. The zero-order valence-corrected chi connectivity index (χ0v) is 34.7. The summed E-state index contributed by atoms with van der Waals surface area (Å²) in [4.78, 5) is 4.94. The molecule has 9 aromatic carbocycles. The van der Waals surface area contributed by atoms with Crippen molar-refractivity contribution in [3.63, 3.8) is 0 Å². The molecule has 64 heavy (non-hydrogen) atoms. The molecule has 6 heteroatoms. The summed E-state index contributed by atoms with van der Waals surface area (Å²) in [7, 11) is 0. The first kappa shape index (κ1) is 37.3. The van der Waals surface area contributed by atoms with Crippen LogP contribution < -0.4 is 5.73 Å². The maximum Gasteiger partial charge on any atom is 0.216 e. The molecule has 0 aliphatic rings. The molecule has 0 fully saturated rings. The first-order valence-corrected chi connectivity index (χ1v) is 21.5. The molecule has 1 unspecified atom stereocenters. The van der Waals surface area contributed by atoms with E-state index < -0.39 is 6.30 Å². The molecule has 0 radical (unpaired) electrons. The second-order valence-corrected chi connectivity index (χ2v) is 16.3. The van der Waals surface area contributed by atoms with Gasteiger partial charge in [0.1, 0.15) is 0 Å². The first-order chi connectivity index (χ1) is 31.6. The van der Waals surface area contributed by atoms with E-state index >= 15 is 4.39 Å². The number of allylic oxidation sites excluding steroid dienone is 1. The van der Waals surface area contributed by atoms with Crippen LogP contribution in [0.4, 0.5) is 4.39 Å². The van der Waals surface area contributed by atoms with Crippen molar-refractivity contribution in [2.24, 2.45) is 10.7 Å². The van der Waals surface area contributed by atoms with Crippen LogP contribution in [0, 0.1) is 0 Å². The van der Waals surface area contributed by atoms with Crippen molar-refractivity contribution in [2.45, 2.75) is 6.30 Å². The normalized spacial score (nSPS) is 13.0. The van der Waals surface area contributed by atoms with Crippen LogP contribution in [-0.2, 0) is 0 Å². The predicted molar refractivity (Wildman–Crippen MR) is 265 cm³/mol. The van der Waals surface area contributed by atoms with Crippen molar-refractivity contribution in [1.29, 1.82) is 0 Å². The number of nitrogens with two attached hydrogens (primary N) is 1. The predicted octanol–water partition coefficient (Wildman–Crippen LogP) is 14.4. The van der Waals surface area contributed by atoms with E-state index in [0.717, 1.165) is 82.8 Å². The van der Waals surface area contributed by atoms with Gasteiger partial charge in [0.2, 0.25) is 6.30 Å². The van der Waals surface area contributed by atoms with Crippen molar-refractivity contribution < 1.29 is 4.39 Å². The van der Waals surface area contributed by atoms with Crippen LogP contribution in [0.2, 0.25) is 0 Å². The number of halogens is 1. The van der Waals surface area contributed by atoms with Gasteiger partial charge < -0.3 is 19.4 Å². The molecule has 2 N–H and O–H groups in total. The van der Waals surface area contributed by atoms with Gasteiger partial charge in [0.25, 0.3) is 0 Å². The number of hydrogen-bond acceptors (Lipinski definition) is 2. The maximum absolute atomic E-state index is 17.8. The fourth-order valence-corrected chi connectivity index (χ4v) is 9.65. The van der Waals surface area contributed by atoms with Crippen molar-refractivity contribution in [3.8, 4) is 17.1 Å². The standard InChI is InChI=1S/C58H40FN5/c59-58(61-51(37-50(60)38-16-2-1-3-17-38)39-30-32-41(33-31-39)62-52-24-10-4-18-44(52)45-19-5-11-25-53(45)62)40-34-42(63-54-26-12-6-20-46(54)47-21-7-13-27-55(47)63)36-43(35-40)64-56-28-14-8-22-48(56)49-23-9-15-29-57(49)64/h1-37,58H,60H2/b50-37-,61-51?. The Labute approximate surface area is 368 Å². The van der Waals surface area contributed by atoms with Crippen LogP contribution in [0.15, 0.2) is 229 Å². The molecule has 12 aromatic rings. The Bertz CT molecular complexity index is 3520. The number of hydrogen-bond donors (Lipinski definition) is 1. The van der Waals surface area contributed by atoms with Gasteiger partial charge in [0.15, 0.2) is 0 Å². The minimum absolute atomic E-state index is 0.419. The Hall–Kier alpha value is -8.48. The van der Waals surface area contributed by atoms with Gasteiger partial charge in [-0.15, -0.1) is 0 Å². The summed E-state index contributed by atoms with van der Waals surface area (Å²) in [6.07, 6.45) is 0.0360. The lowest BCUT2D eigenvalue weighted by Gasteiger charge is -2.17. The summed E-state index contributed by atoms with van der Waals surface area (Å²) in [5.74, 6) is 0. The van der Waals surface area contributed by atoms with E-state index in [9.17, 15) is 0 Å². The number of rotatable bonds is 8. The lowest BCUT2D eigenvalue weighted by Crippen LogP contribution is -2.07. The highest BCUT2D eigenvalue weighted by Crippen LogP contribution is 2.38. The summed E-state index contributed by atoms with van der Waals surface area (Å²) in [5.41, 5.74) is 18.8. The number of aliphatic imine (C=N–C) groups is 1. The van der Waals surface area contributed by atoms with Crippen molar-refractivity contribution >= 4 is 76.8 Å². The molecule has 12 rings (SSSR count). The zero-order chi connectivity index (χ0) is 42.7. The van der Waals surface area contributed by atoms with Crippen LogP contribution in [-0.4, -0.2) is 19.4 Å². The van der Waals surface area contributed by atoms with E-state index in [1.165, 1.54) is 10.8 Å². The Kier molecular flexibility index (Phi) is 8.83. The van der Waals surface area contributed by atoms with E-state index in [4.69, 9.17) is 10.7 Å². The van der Waals surface area contributed by atoms with Crippen molar-refractivity contribution in [3.05, 3.63) is 241 Å². The van der Waals surface area contributed by atoms with Crippen molar-refractivity contribution in [2.75, 3.05) is 0 Å².